The molecule has 7 heteroatoms. The number of alkyl halides is 1. The maximum atomic E-state index is 14.2. The maximum Gasteiger partial charge on any atom is 0.254 e. The first-order chi connectivity index (χ1) is 13.0. The molecule has 27 heavy (non-hydrogen) atoms. The zero-order valence-electron chi connectivity index (χ0n) is 15.7. The van der Waals surface area contributed by atoms with Crippen molar-refractivity contribution in [3.63, 3.8) is 0 Å². The Hall–Kier alpha value is -2.83. The molecule has 1 spiro atoms. The third-order valence-electron chi connectivity index (χ3n) is 4.84. The molecule has 2 aliphatic rings. The topological polar surface area (TPSA) is 75.2 Å². The van der Waals surface area contributed by atoms with Crippen LogP contribution in [0.5, 0.6) is 0 Å². The number of aromatic nitrogens is 2. The van der Waals surface area contributed by atoms with Gasteiger partial charge in [0.25, 0.3) is 5.91 Å². The van der Waals surface area contributed by atoms with E-state index in [9.17, 15) is 14.0 Å². The fourth-order valence-electron chi connectivity index (χ4n) is 3.46. The molecule has 0 bridgehead atoms. The van der Waals surface area contributed by atoms with E-state index in [1.165, 1.54) is 17.3 Å². The molecule has 1 aliphatic carbocycles. The minimum Gasteiger partial charge on any atom is -0.328 e. The van der Waals surface area contributed by atoms with Crippen molar-refractivity contribution in [1.29, 1.82) is 0 Å². The molecule has 2 amide bonds. The minimum absolute atomic E-state index is 0. The van der Waals surface area contributed by atoms with E-state index in [0.717, 1.165) is 11.1 Å². The van der Waals surface area contributed by atoms with Gasteiger partial charge in [-0.3, -0.25) is 14.9 Å². The van der Waals surface area contributed by atoms with Gasteiger partial charge in [-0.05, 0) is 31.0 Å². The predicted octanol–water partition coefficient (Wildman–Crippen LogP) is 3.13. The summed E-state index contributed by atoms with van der Waals surface area (Å²) in [5.74, 6) is -0.470. The fraction of sp³-hybridized carbons (Fsp3) is 0.400. The summed E-state index contributed by atoms with van der Waals surface area (Å²) in [6.07, 6.45) is 2.43. The number of aryl methyl sites for hydroxylation is 1. The number of rotatable bonds is 3. The second kappa shape index (κ2) is 7.42. The second-order valence-corrected chi connectivity index (χ2v) is 6.66. The fourth-order valence-corrected chi connectivity index (χ4v) is 3.46. The van der Waals surface area contributed by atoms with Gasteiger partial charge < -0.3 is 4.90 Å². The highest BCUT2D eigenvalue weighted by Crippen LogP contribution is 2.54. The van der Waals surface area contributed by atoms with Crippen LogP contribution in [0.3, 0.4) is 0 Å². The lowest BCUT2D eigenvalue weighted by Gasteiger charge is -2.34. The van der Waals surface area contributed by atoms with Gasteiger partial charge in [0.2, 0.25) is 11.9 Å². The van der Waals surface area contributed by atoms with Crippen LogP contribution >= 0.6 is 0 Å². The summed E-state index contributed by atoms with van der Waals surface area (Å²) in [6, 6.07) is 7.09. The minimum atomic E-state index is -0.982. The Morgan fingerprint density at radius 3 is 2.67 bits per heavy atom. The molecular weight excluding hydrogens is 347 g/mol. The van der Waals surface area contributed by atoms with E-state index in [-0.39, 0.29) is 26.4 Å². The monoisotopic (exact) mass is 372 g/mol. The number of hydrogen-bond acceptors (Lipinski definition) is 4. The number of halogens is 1. The van der Waals surface area contributed by atoms with Crippen LogP contribution in [0.25, 0.3) is 0 Å². The summed E-state index contributed by atoms with van der Waals surface area (Å²) in [6.45, 7) is 5.99. The van der Waals surface area contributed by atoms with Gasteiger partial charge in [-0.15, -0.1) is 0 Å². The van der Waals surface area contributed by atoms with Crippen molar-refractivity contribution >= 4 is 17.8 Å². The average Bonchev–Trinajstić information content (AvgIpc) is 3.32. The molecular formula is C20H25FN4O2. The van der Waals surface area contributed by atoms with E-state index in [2.05, 4.69) is 15.3 Å². The molecule has 0 saturated heterocycles. The summed E-state index contributed by atoms with van der Waals surface area (Å²) in [5, 5.41) is 2.55. The van der Waals surface area contributed by atoms with Gasteiger partial charge in [-0.25, -0.2) is 14.4 Å². The molecule has 1 aliphatic heterocycles. The Labute approximate surface area is 159 Å². The van der Waals surface area contributed by atoms with E-state index >= 15 is 0 Å². The number of carbonyl (C=O) groups excluding carboxylic acids is 2. The van der Waals surface area contributed by atoms with Gasteiger partial charge in [-0.1, -0.05) is 31.5 Å². The van der Waals surface area contributed by atoms with Crippen LogP contribution in [0.4, 0.5) is 10.3 Å². The predicted molar refractivity (Wildman–Crippen MR) is 102 cm³/mol. The van der Waals surface area contributed by atoms with Crippen LogP contribution in [0, 0.1) is 6.92 Å². The molecule has 4 rings (SSSR count). The van der Waals surface area contributed by atoms with E-state index in [0.29, 0.717) is 12.0 Å². The quantitative estimate of drug-likeness (QED) is 0.898. The summed E-state index contributed by atoms with van der Waals surface area (Å²) >= 11 is 0. The highest BCUT2D eigenvalue weighted by Gasteiger charge is 2.61. The highest BCUT2D eigenvalue weighted by atomic mass is 19.1. The number of fused-ring (bicyclic) bond motifs is 2. The normalized spacial score (nSPS) is 22.6. The molecule has 2 heterocycles. The Bertz CT molecular complexity index is 865. The number of nitrogens with one attached hydrogen (secondary N) is 1. The van der Waals surface area contributed by atoms with Crippen molar-refractivity contribution in [3.05, 3.63) is 53.3 Å². The van der Waals surface area contributed by atoms with Crippen LogP contribution in [0.2, 0.25) is 0 Å². The Kier molecular flexibility index (Phi) is 5.21. The highest BCUT2D eigenvalue weighted by molar-refractivity contribution is 6.01. The largest absolute Gasteiger partial charge is 0.328 e. The van der Waals surface area contributed by atoms with Gasteiger partial charge in [0.15, 0.2) is 0 Å². The molecule has 1 aromatic carbocycles. The molecule has 1 aromatic heterocycles. The van der Waals surface area contributed by atoms with Gasteiger partial charge in [0, 0.05) is 31.3 Å². The Morgan fingerprint density at radius 1 is 1.37 bits per heavy atom. The lowest BCUT2D eigenvalue weighted by molar-refractivity contribution is -0.117. The second-order valence-electron chi connectivity index (χ2n) is 6.66. The van der Waals surface area contributed by atoms with Gasteiger partial charge >= 0.3 is 0 Å². The summed E-state index contributed by atoms with van der Waals surface area (Å²) in [5.41, 5.74) is 1.59. The molecule has 144 valence electrons. The number of nitrogens with zero attached hydrogens (tertiary/aromatic N) is 3. The smallest absolute Gasteiger partial charge is 0.254 e. The summed E-state index contributed by atoms with van der Waals surface area (Å²) in [4.78, 5) is 34.2. The number of carbonyl (C=O) groups is 2. The lowest BCUT2D eigenvalue weighted by atomic mass is 9.85. The van der Waals surface area contributed by atoms with E-state index in [1.807, 2.05) is 32.9 Å². The molecule has 0 radical (unpaired) electrons. The standard InChI is InChI=1S/C18H17FN4O2.C2H6.H2/c1-11-3-4-12-13(7-11)18(8-14(18)19)10-23(16(12)25)9-15(24)22-17-20-5-2-6-21-17;1-2;/h2-7,14H,8-10H2,1H3,(H,20,21,22,24);1-2H3;1H/t14?,18-;;/m0../s1. The van der Waals surface area contributed by atoms with Crippen LogP contribution in [-0.2, 0) is 10.2 Å². The number of benzene rings is 1. The number of anilines is 1. The zero-order chi connectivity index (χ0) is 19.6. The summed E-state index contributed by atoms with van der Waals surface area (Å²) in [7, 11) is 0. The van der Waals surface area contributed by atoms with Crippen molar-refractivity contribution < 1.29 is 15.4 Å². The molecule has 1 unspecified atom stereocenters. The van der Waals surface area contributed by atoms with Crippen molar-refractivity contribution in [1.82, 2.24) is 14.9 Å². The van der Waals surface area contributed by atoms with Crippen LogP contribution < -0.4 is 5.32 Å². The average molecular weight is 372 g/mol. The lowest BCUT2D eigenvalue weighted by Crippen LogP contribution is -2.47. The third kappa shape index (κ3) is 3.54. The molecule has 6 nitrogen and oxygen atoms in total. The van der Waals surface area contributed by atoms with Gasteiger partial charge in [0.1, 0.15) is 12.7 Å². The first-order valence-corrected chi connectivity index (χ1v) is 9.11. The van der Waals surface area contributed by atoms with E-state index in [1.54, 1.807) is 12.1 Å². The molecule has 2 atom stereocenters. The Morgan fingerprint density at radius 2 is 2.04 bits per heavy atom. The van der Waals surface area contributed by atoms with E-state index < -0.39 is 17.5 Å². The first-order valence-electron chi connectivity index (χ1n) is 9.11. The third-order valence-corrected chi connectivity index (χ3v) is 4.84. The van der Waals surface area contributed by atoms with Crippen LogP contribution in [-0.4, -0.2) is 45.9 Å². The SMILES string of the molecule is CC.Cc1ccc2c(c1)[C@]1(CC1F)CN(CC(=O)Nc1ncccn1)C2=O.[HH]. The van der Waals surface area contributed by atoms with Gasteiger partial charge in [-0.2, -0.15) is 0 Å². The van der Waals surface area contributed by atoms with Crippen molar-refractivity contribution in [3.8, 4) is 0 Å². The summed E-state index contributed by atoms with van der Waals surface area (Å²) < 4.78 is 14.2. The van der Waals surface area contributed by atoms with E-state index in [4.69, 9.17) is 0 Å². The number of hydrogen-bond donors (Lipinski definition) is 1. The first kappa shape index (κ1) is 18.9. The molecule has 1 N–H and O–H groups in total. The van der Waals surface area contributed by atoms with Gasteiger partial charge in [0.05, 0.1) is 0 Å². The number of amides is 2. The van der Waals surface area contributed by atoms with Crippen LogP contribution in [0.15, 0.2) is 36.7 Å². The zero-order valence-corrected chi connectivity index (χ0v) is 15.7. The molecule has 1 saturated carbocycles. The maximum absolute atomic E-state index is 14.2. The molecule has 2 aromatic rings. The molecule has 1 fully saturated rings. The van der Waals surface area contributed by atoms with Crippen molar-refractivity contribution in [2.75, 3.05) is 18.4 Å². The van der Waals surface area contributed by atoms with Crippen molar-refractivity contribution in [2.45, 2.75) is 38.8 Å². The van der Waals surface area contributed by atoms with Crippen LogP contribution in [0.1, 0.15) is 43.2 Å². The van der Waals surface area contributed by atoms with Crippen molar-refractivity contribution in [2.24, 2.45) is 0 Å². The Balaban J connectivity index is 0.000000906.